The summed E-state index contributed by atoms with van der Waals surface area (Å²) in [5.74, 6) is 0.567. The van der Waals surface area contributed by atoms with Gasteiger partial charge in [-0.15, -0.1) is 0 Å². The minimum absolute atomic E-state index is 0.499. The van der Waals surface area contributed by atoms with Crippen LogP contribution in [0.1, 0.15) is 17.0 Å². The van der Waals surface area contributed by atoms with Crippen LogP contribution in [0.4, 0.5) is 5.82 Å². The number of hydrogen-bond donors (Lipinski definition) is 1. The van der Waals surface area contributed by atoms with E-state index in [-0.39, 0.29) is 0 Å². The molecule has 2 aromatic heterocycles. The lowest BCUT2D eigenvalue weighted by atomic mass is 10.3. The maximum Gasteiger partial charge on any atom is 0.144 e. The Labute approximate surface area is 99.2 Å². The van der Waals surface area contributed by atoms with Gasteiger partial charge in [-0.3, -0.25) is 9.97 Å². The van der Waals surface area contributed by atoms with Crippen molar-refractivity contribution in [2.24, 2.45) is 0 Å². The summed E-state index contributed by atoms with van der Waals surface area (Å²) >= 11 is 0. The van der Waals surface area contributed by atoms with Crippen LogP contribution in [0.25, 0.3) is 0 Å². The fourth-order valence-electron chi connectivity index (χ4n) is 1.32. The maximum atomic E-state index is 8.89. The molecule has 0 fully saturated rings. The molecule has 5 heteroatoms. The second-order valence-corrected chi connectivity index (χ2v) is 3.51. The maximum absolute atomic E-state index is 8.89. The highest BCUT2D eigenvalue weighted by molar-refractivity contribution is 5.51. The number of anilines is 1. The fourth-order valence-corrected chi connectivity index (χ4v) is 1.32. The van der Waals surface area contributed by atoms with Crippen molar-refractivity contribution in [1.82, 2.24) is 15.0 Å². The van der Waals surface area contributed by atoms with Gasteiger partial charge in [0.05, 0.1) is 29.7 Å². The molecular formula is C12H11N5. The number of hydrogen-bond acceptors (Lipinski definition) is 5. The van der Waals surface area contributed by atoms with Gasteiger partial charge in [-0.1, -0.05) is 0 Å². The van der Waals surface area contributed by atoms with Crippen molar-refractivity contribution in [3.05, 3.63) is 47.7 Å². The third-order valence-electron chi connectivity index (χ3n) is 2.20. The molecule has 2 heterocycles. The lowest BCUT2D eigenvalue weighted by molar-refractivity contribution is 0.975. The average Bonchev–Trinajstić information content (AvgIpc) is 2.38. The molecule has 0 aliphatic rings. The molecule has 1 N–H and O–H groups in total. The highest BCUT2D eigenvalue weighted by Crippen LogP contribution is 2.10. The van der Waals surface area contributed by atoms with Gasteiger partial charge in [0.25, 0.3) is 0 Å². The van der Waals surface area contributed by atoms with Gasteiger partial charge in [0.15, 0.2) is 0 Å². The molecule has 0 saturated carbocycles. The number of nitrogens with one attached hydrogen (secondary N) is 1. The Morgan fingerprint density at radius 3 is 2.88 bits per heavy atom. The summed E-state index contributed by atoms with van der Waals surface area (Å²) in [6.07, 6.45) is 5.06. The Hall–Kier alpha value is -2.48. The van der Waals surface area contributed by atoms with Crippen LogP contribution >= 0.6 is 0 Å². The minimum atomic E-state index is 0.499. The molecule has 0 saturated heterocycles. The summed E-state index contributed by atoms with van der Waals surface area (Å²) in [5.41, 5.74) is 2.21. The Balaban J connectivity index is 2.08. The predicted octanol–water partition coefficient (Wildman–Crippen LogP) is 1.66. The van der Waals surface area contributed by atoms with E-state index in [1.165, 1.54) is 0 Å². The van der Waals surface area contributed by atoms with Gasteiger partial charge in [-0.05, 0) is 19.1 Å². The molecule has 0 unspecified atom stereocenters. The Kier molecular flexibility index (Phi) is 3.26. The summed E-state index contributed by atoms with van der Waals surface area (Å²) in [6.45, 7) is 2.38. The zero-order valence-corrected chi connectivity index (χ0v) is 9.38. The molecule has 2 aromatic rings. The summed E-state index contributed by atoms with van der Waals surface area (Å²) < 4.78 is 0. The van der Waals surface area contributed by atoms with Crippen molar-refractivity contribution in [1.29, 1.82) is 5.26 Å². The van der Waals surface area contributed by atoms with E-state index in [4.69, 9.17) is 5.26 Å². The topological polar surface area (TPSA) is 74.5 Å². The summed E-state index contributed by atoms with van der Waals surface area (Å²) in [4.78, 5) is 12.5. The number of pyridine rings is 1. The number of nitrogens with zero attached hydrogens (tertiary/aromatic N) is 4. The van der Waals surface area contributed by atoms with Crippen molar-refractivity contribution in [2.75, 3.05) is 5.32 Å². The van der Waals surface area contributed by atoms with Crippen LogP contribution in [0.5, 0.6) is 0 Å². The molecule has 0 bridgehead atoms. The van der Waals surface area contributed by atoms with E-state index in [1.807, 2.05) is 6.92 Å². The largest absolute Gasteiger partial charge is 0.363 e. The SMILES string of the molecule is Cc1cnc(CNc2ncccc2C#N)cn1. The summed E-state index contributed by atoms with van der Waals surface area (Å²) in [6, 6.07) is 5.53. The Morgan fingerprint density at radius 1 is 1.29 bits per heavy atom. The van der Waals surface area contributed by atoms with Gasteiger partial charge >= 0.3 is 0 Å². The first kappa shape index (κ1) is 11.0. The quantitative estimate of drug-likeness (QED) is 0.859. The van der Waals surface area contributed by atoms with Crippen molar-refractivity contribution in [3.63, 3.8) is 0 Å². The molecule has 0 radical (unpaired) electrons. The van der Waals surface area contributed by atoms with E-state index in [0.29, 0.717) is 17.9 Å². The predicted molar refractivity (Wildman–Crippen MR) is 63.0 cm³/mol. The second kappa shape index (κ2) is 5.03. The lowest BCUT2D eigenvalue weighted by Crippen LogP contribution is -2.05. The zero-order valence-electron chi connectivity index (χ0n) is 9.38. The normalized spacial score (nSPS) is 9.65. The molecule has 0 aliphatic heterocycles. The van der Waals surface area contributed by atoms with Crippen LogP contribution in [-0.4, -0.2) is 15.0 Å². The van der Waals surface area contributed by atoms with E-state index >= 15 is 0 Å². The second-order valence-electron chi connectivity index (χ2n) is 3.51. The van der Waals surface area contributed by atoms with E-state index in [0.717, 1.165) is 11.4 Å². The van der Waals surface area contributed by atoms with Gasteiger partial charge in [-0.25, -0.2) is 4.98 Å². The van der Waals surface area contributed by atoms with Crippen molar-refractivity contribution in [3.8, 4) is 6.07 Å². The highest BCUT2D eigenvalue weighted by atomic mass is 15.0. The van der Waals surface area contributed by atoms with Crippen LogP contribution in [-0.2, 0) is 6.54 Å². The molecular weight excluding hydrogens is 214 g/mol. The molecule has 0 aromatic carbocycles. The first-order valence-electron chi connectivity index (χ1n) is 5.16. The molecule has 84 valence electrons. The summed E-state index contributed by atoms with van der Waals surface area (Å²) in [5, 5.41) is 12.0. The van der Waals surface area contributed by atoms with Crippen LogP contribution in [0.2, 0.25) is 0 Å². The van der Waals surface area contributed by atoms with Gasteiger partial charge in [0.2, 0.25) is 0 Å². The molecule has 0 atom stereocenters. The van der Waals surface area contributed by atoms with Gasteiger partial charge in [-0.2, -0.15) is 5.26 Å². The smallest absolute Gasteiger partial charge is 0.144 e. The highest BCUT2D eigenvalue weighted by Gasteiger charge is 2.02. The zero-order chi connectivity index (χ0) is 12.1. The molecule has 2 rings (SSSR count). The first-order valence-corrected chi connectivity index (χ1v) is 5.16. The van der Waals surface area contributed by atoms with Crippen LogP contribution in [0.3, 0.4) is 0 Å². The van der Waals surface area contributed by atoms with Gasteiger partial charge < -0.3 is 5.32 Å². The number of aromatic nitrogens is 3. The van der Waals surface area contributed by atoms with Gasteiger partial charge in [0, 0.05) is 12.4 Å². The van der Waals surface area contributed by atoms with Crippen LogP contribution in [0, 0.1) is 18.3 Å². The molecule has 0 aliphatic carbocycles. The molecule has 5 nitrogen and oxygen atoms in total. The summed E-state index contributed by atoms with van der Waals surface area (Å²) in [7, 11) is 0. The third-order valence-corrected chi connectivity index (χ3v) is 2.20. The monoisotopic (exact) mass is 225 g/mol. The molecule has 0 spiro atoms. The van der Waals surface area contributed by atoms with Crippen LogP contribution < -0.4 is 5.32 Å². The number of rotatable bonds is 3. The fraction of sp³-hybridized carbons (Fsp3) is 0.167. The third kappa shape index (κ3) is 2.75. The van der Waals surface area contributed by atoms with Crippen molar-refractivity contribution >= 4 is 5.82 Å². The van der Waals surface area contributed by atoms with E-state index in [1.54, 1.807) is 30.7 Å². The number of nitriles is 1. The minimum Gasteiger partial charge on any atom is -0.363 e. The number of aryl methyl sites for hydroxylation is 1. The standard InChI is InChI=1S/C12H11N5/c1-9-6-16-11(7-15-9)8-17-12-10(5-13)3-2-4-14-12/h2-4,6-7H,8H2,1H3,(H,14,17). The average molecular weight is 225 g/mol. The van der Waals surface area contributed by atoms with Crippen LogP contribution in [0.15, 0.2) is 30.7 Å². The van der Waals surface area contributed by atoms with Crippen molar-refractivity contribution in [2.45, 2.75) is 13.5 Å². The van der Waals surface area contributed by atoms with E-state index in [2.05, 4.69) is 26.3 Å². The lowest BCUT2D eigenvalue weighted by Gasteiger charge is -2.05. The van der Waals surface area contributed by atoms with Gasteiger partial charge in [0.1, 0.15) is 11.9 Å². The van der Waals surface area contributed by atoms with E-state index < -0.39 is 0 Å². The van der Waals surface area contributed by atoms with Crippen molar-refractivity contribution < 1.29 is 0 Å². The molecule has 17 heavy (non-hydrogen) atoms. The first-order chi connectivity index (χ1) is 8.29. The Bertz CT molecular complexity index is 542. The Morgan fingerprint density at radius 2 is 2.18 bits per heavy atom. The molecule has 0 amide bonds. The van der Waals surface area contributed by atoms with E-state index in [9.17, 15) is 0 Å².